The summed E-state index contributed by atoms with van der Waals surface area (Å²) < 4.78 is 6.75. The summed E-state index contributed by atoms with van der Waals surface area (Å²) in [7, 11) is 1.48. The maximum Gasteiger partial charge on any atom is 0.255 e. The van der Waals surface area contributed by atoms with Crippen molar-refractivity contribution in [3.05, 3.63) is 71.7 Å². The Balaban J connectivity index is 1.78. The number of anilines is 2. The maximum atomic E-state index is 13.1. The third kappa shape index (κ3) is 3.05. The number of fused-ring (bicyclic) bond motifs is 1. The molecule has 1 unspecified atom stereocenters. The predicted molar refractivity (Wildman–Crippen MR) is 104 cm³/mol. The van der Waals surface area contributed by atoms with Crippen LogP contribution in [0, 0.1) is 0 Å². The topological polar surface area (TPSA) is 101 Å². The molecule has 0 radical (unpaired) electrons. The first-order valence-electron chi connectivity index (χ1n) is 8.69. The molecule has 1 aromatic heterocycles. The number of hydrogen-bond donors (Lipinski definition) is 3. The number of para-hydroxylation sites is 1. The van der Waals surface area contributed by atoms with Crippen molar-refractivity contribution in [2.45, 2.75) is 13.0 Å². The van der Waals surface area contributed by atoms with Gasteiger partial charge in [-0.1, -0.05) is 24.3 Å². The zero-order chi connectivity index (χ0) is 19.7. The standard InChI is InChI=1S/C20H19N5O3/c1-12-17(19(27)24-14-6-4-3-5-7-14)18(25-20(23-12)21-11-22-25)13-8-9-16(28-2)15(26)10-13/h3-11,18,26H,1-2H3,(H,24,27)(H,21,22,23). The van der Waals surface area contributed by atoms with Gasteiger partial charge < -0.3 is 20.5 Å². The Bertz CT molecular complexity index is 1060. The Morgan fingerprint density at radius 2 is 2.04 bits per heavy atom. The number of amides is 1. The molecule has 0 fully saturated rings. The van der Waals surface area contributed by atoms with Crippen LogP contribution in [0.4, 0.5) is 11.6 Å². The minimum absolute atomic E-state index is 0.0133. The summed E-state index contributed by atoms with van der Waals surface area (Å²) in [5, 5.41) is 20.6. The van der Waals surface area contributed by atoms with Crippen molar-refractivity contribution in [2.24, 2.45) is 0 Å². The second-order valence-electron chi connectivity index (χ2n) is 6.35. The van der Waals surface area contributed by atoms with Crippen molar-refractivity contribution in [1.82, 2.24) is 14.8 Å². The minimum Gasteiger partial charge on any atom is -0.504 e. The van der Waals surface area contributed by atoms with Gasteiger partial charge >= 0.3 is 0 Å². The minimum atomic E-state index is -0.556. The number of methoxy groups -OCH3 is 1. The summed E-state index contributed by atoms with van der Waals surface area (Å²) >= 11 is 0. The van der Waals surface area contributed by atoms with Crippen molar-refractivity contribution in [1.29, 1.82) is 0 Å². The molecule has 0 aliphatic carbocycles. The molecule has 2 heterocycles. The van der Waals surface area contributed by atoms with Crippen molar-refractivity contribution in [3.63, 3.8) is 0 Å². The van der Waals surface area contributed by atoms with Crippen LogP contribution >= 0.6 is 0 Å². The Labute approximate surface area is 161 Å². The number of aromatic hydroxyl groups is 1. The molecule has 1 atom stereocenters. The van der Waals surface area contributed by atoms with Crippen LogP contribution in [0.3, 0.4) is 0 Å². The summed E-state index contributed by atoms with van der Waals surface area (Å²) in [6.45, 7) is 1.81. The molecule has 3 aromatic rings. The highest BCUT2D eigenvalue weighted by molar-refractivity contribution is 6.06. The van der Waals surface area contributed by atoms with E-state index in [4.69, 9.17) is 4.74 Å². The van der Waals surface area contributed by atoms with E-state index in [1.54, 1.807) is 22.9 Å². The lowest BCUT2D eigenvalue weighted by Gasteiger charge is -2.29. The fourth-order valence-corrected chi connectivity index (χ4v) is 3.29. The number of phenolic OH excluding ortho intramolecular Hbond substituents is 1. The fourth-order valence-electron chi connectivity index (χ4n) is 3.29. The number of hydrogen-bond acceptors (Lipinski definition) is 6. The second kappa shape index (κ2) is 7.07. The van der Waals surface area contributed by atoms with Crippen LogP contribution in [0.15, 0.2) is 66.1 Å². The highest BCUT2D eigenvalue weighted by Crippen LogP contribution is 2.38. The van der Waals surface area contributed by atoms with Gasteiger partial charge in [-0.2, -0.15) is 10.1 Å². The lowest BCUT2D eigenvalue weighted by molar-refractivity contribution is -0.113. The van der Waals surface area contributed by atoms with Crippen LogP contribution in [0.1, 0.15) is 18.5 Å². The second-order valence-corrected chi connectivity index (χ2v) is 6.35. The molecule has 2 aromatic carbocycles. The SMILES string of the molecule is COc1ccc(C2C(C(=O)Nc3ccccc3)=C(C)Nc3ncnn32)cc1O. The third-order valence-corrected chi connectivity index (χ3v) is 4.59. The van der Waals surface area contributed by atoms with E-state index in [1.165, 1.54) is 13.4 Å². The number of aromatic nitrogens is 3. The molecule has 8 nitrogen and oxygen atoms in total. The smallest absolute Gasteiger partial charge is 0.255 e. The molecule has 142 valence electrons. The number of carbonyl (C=O) groups is 1. The predicted octanol–water partition coefficient (Wildman–Crippen LogP) is 2.92. The van der Waals surface area contributed by atoms with E-state index >= 15 is 0 Å². The molecule has 0 saturated heterocycles. The summed E-state index contributed by atoms with van der Waals surface area (Å²) in [6.07, 6.45) is 1.42. The average molecular weight is 377 g/mol. The van der Waals surface area contributed by atoms with Gasteiger partial charge in [0.2, 0.25) is 5.95 Å². The fraction of sp³-hybridized carbons (Fsp3) is 0.150. The molecule has 0 saturated carbocycles. The van der Waals surface area contributed by atoms with E-state index in [0.29, 0.717) is 34.2 Å². The van der Waals surface area contributed by atoms with Gasteiger partial charge in [-0.25, -0.2) is 4.68 Å². The molecule has 1 amide bonds. The van der Waals surface area contributed by atoms with E-state index in [9.17, 15) is 9.90 Å². The Morgan fingerprint density at radius 1 is 1.25 bits per heavy atom. The molecule has 4 rings (SSSR count). The third-order valence-electron chi connectivity index (χ3n) is 4.59. The molecular weight excluding hydrogens is 358 g/mol. The quantitative estimate of drug-likeness (QED) is 0.646. The zero-order valence-electron chi connectivity index (χ0n) is 15.4. The molecule has 3 N–H and O–H groups in total. The van der Waals surface area contributed by atoms with Crippen molar-refractivity contribution in [2.75, 3.05) is 17.7 Å². The van der Waals surface area contributed by atoms with Gasteiger partial charge in [0.05, 0.1) is 12.7 Å². The van der Waals surface area contributed by atoms with Crippen LogP contribution < -0.4 is 15.4 Å². The van der Waals surface area contributed by atoms with E-state index in [0.717, 1.165) is 0 Å². The average Bonchev–Trinajstić information content (AvgIpc) is 3.15. The number of nitrogens with one attached hydrogen (secondary N) is 2. The Morgan fingerprint density at radius 3 is 2.75 bits per heavy atom. The Hall–Kier alpha value is -3.81. The number of allylic oxidation sites excluding steroid dienone is 1. The zero-order valence-corrected chi connectivity index (χ0v) is 15.4. The van der Waals surface area contributed by atoms with Crippen LogP contribution in [0.5, 0.6) is 11.5 Å². The van der Waals surface area contributed by atoms with Gasteiger partial charge in [-0.3, -0.25) is 4.79 Å². The summed E-state index contributed by atoms with van der Waals surface area (Å²) in [5.41, 5.74) is 2.51. The monoisotopic (exact) mass is 377 g/mol. The summed E-state index contributed by atoms with van der Waals surface area (Å²) in [6, 6.07) is 13.7. The van der Waals surface area contributed by atoms with E-state index < -0.39 is 6.04 Å². The van der Waals surface area contributed by atoms with Gasteiger partial charge in [0, 0.05) is 11.4 Å². The van der Waals surface area contributed by atoms with Gasteiger partial charge in [-0.15, -0.1) is 0 Å². The number of carbonyl (C=O) groups excluding carboxylic acids is 1. The van der Waals surface area contributed by atoms with Crippen LogP contribution in [0.25, 0.3) is 0 Å². The summed E-state index contributed by atoms with van der Waals surface area (Å²) in [4.78, 5) is 17.3. The van der Waals surface area contributed by atoms with Gasteiger partial charge in [-0.05, 0) is 36.8 Å². The molecule has 0 spiro atoms. The van der Waals surface area contributed by atoms with E-state index in [1.807, 2.05) is 37.3 Å². The number of rotatable bonds is 4. The molecule has 8 heteroatoms. The Kier molecular flexibility index (Phi) is 4.44. The van der Waals surface area contributed by atoms with Crippen molar-refractivity contribution < 1.29 is 14.6 Å². The number of benzene rings is 2. The first-order valence-corrected chi connectivity index (χ1v) is 8.69. The van der Waals surface area contributed by atoms with Crippen LogP contribution in [-0.4, -0.2) is 32.9 Å². The van der Waals surface area contributed by atoms with E-state index in [2.05, 4.69) is 20.7 Å². The van der Waals surface area contributed by atoms with Crippen molar-refractivity contribution >= 4 is 17.5 Å². The van der Waals surface area contributed by atoms with Gasteiger partial charge in [0.25, 0.3) is 5.91 Å². The lowest BCUT2D eigenvalue weighted by Crippen LogP contribution is -2.31. The molecular formula is C20H19N5O3. The molecule has 1 aliphatic heterocycles. The van der Waals surface area contributed by atoms with Crippen LogP contribution in [-0.2, 0) is 4.79 Å². The molecule has 28 heavy (non-hydrogen) atoms. The van der Waals surface area contributed by atoms with Gasteiger partial charge in [0.15, 0.2) is 11.5 Å². The summed E-state index contributed by atoms with van der Waals surface area (Å²) in [5.74, 6) is 0.597. The lowest BCUT2D eigenvalue weighted by atomic mass is 9.94. The van der Waals surface area contributed by atoms with Crippen molar-refractivity contribution in [3.8, 4) is 11.5 Å². The first kappa shape index (κ1) is 17.6. The van der Waals surface area contributed by atoms with Gasteiger partial charge in [0.1, 0.15) is 12.4 Å². The molecule has 0 bridgehead atoms. The first-order chi connectivity index (χ1) is 13.6. The maximum absolute atomic E-state index is 13.1. The highest BCUT2D eigenvalue weighted by Gasteiger charge is 2.33. The highest BCUT2D eigenvalue weighted by atomic mass is 16.5. The molecule has 1 aliphatic rings. The normalized spacial score (nSPS) is 15.6. The number of phenols is 1. The van der Waals surface area contributed by atoms with E-state index in [-0.39, 0.29) is 11.7 Å². The number of nitrogens with zero attached hydrogens (tertiary/aromatic N) is 3. The largest absolute Gasteiger partial charge is 0.504 e. The van der Waals surface area contributed by atoms with Crippen LogP contribution in [0.2, 0.25) is 0 Å². The number of ether oxygens (including phenoxy) is 1.